The Labute approximate surface area is 356 Å². The van der Waals surface area contributed by atoms with E-state index in [0.717, 1.165) is 17.1 Å². The molecule has 286 valence electrons. The number of nitrogens with zero attached hydrogens (tertiary/aromatic N) is 1. The zero-order chi connectivity index (χ0) is 40.5. The summed E-state index contributed by atoms with van der Waals surface area (Å²) in [6.07, 6.45) is 0. The number of benzene rings is 10. The van der Waals surface area contributed by atoms with Gasteiger partial charge in [-0.25, -0.2) is 0 Å². The van der Waals surface area contributed by atoms with Crippen molar-refractivity contribution < 1.29 is 0 Å². The molecule has 0 saturated heterocycles. The van der Waals surface area contributed by atoms with Gasteiger partial charge in [0, 0.05) is 22.5 Å². The first-order valence-corrected chi connectivity index (χ1v) is 21.5. The van der Waals surface area contributed by atoms with Crippen molar-refractivity contribution in [3.63, 3.8) is 0 Å². The summed E-state index contributed by atoms with van der Waals surface area (Å²) in [6.45, 7) is 4.75. The highest BCUT2D eigenvalue weighted by molar-refractivity contribution is 6.01. The van der Waals surface area contributed by atoms with Gasteiger partial charge in [0.2, 0.25) is 0 Å². The van der Waals surface area contributed by atoms with Gasteiger partial charge in [-0.3, -0.25) is 0 Å². The lowest BCUT2D eigenvalue weighted by Crippen LogP contribution is -2.26. The molecule has 0 saturated carbocycles. The third-order valence-electron chi connectivity index (χ3n) is 14.2. The molecule has 0 N–H and O–H groups in total. The van der Waals surface area contributed by atoms with Crippen LogP contribution < -0.4 is 4.90 Å². The van der Waals surface area contributed by atoms with Crippen LogP contribution in [0, 0.1) is 0 Å². The van der Waals surface area contributed by atoms with Crippen LogP contribution in [0.1, 0.15) is 47.2 Å². The van der Waals surface area contributed by atoms with Gasteiger partial charge in [-0.2, -0.15) is 0 Å². The van der Waals surface area contributed by atoms with E-state index in [1.165, 1.54) is 99.4 Å². The molecule has 0 unspecified atom stereocenters. The summed E-state index contributed by atoms with van der Waals surface area (Å²) in [5, 5.41) is 5.05. The lowest BCUT2D eigenvalue weighted by atomic mass is 9.70. The molecule has 10 aromatic rings. The molecular weight excluding hydrogens is 735 g/mol. The third-order valence-corrected chi connectivity index (χ3v) is 14.2. The van der Waals surface area contributed by atoms with E-state index in [4.69, 9.17) is 0 Å². The second kappa shape index (κ2) is 12.5. The first kappa shape index (κ1) is 34.4. The van der Waals surface area contributed by atoms with Crippen molar-refractivity contribution in [2.75, 3.05) is 4.90 Å². The van der Waals surface area contributed by atoms with E-state index < -0.39 is 5.41 Å². The first-order chi connectivity index (χ1) is 30.0. The Kier molecular flexibility index (Phi) is 7.06. The smallest absolute Gasteiger partial charge is 0.0726 e. The van der Waals surface area contributed by atoms with Crippen LogP contribution in [0.3, 0.4) is 0 Å². The van der Waals surface area contributed by atoms with Gasteiger partial charge in [-0.15, -0.1) is 0 Å². The molecule has 3 aliphatic rings. The summed E-state index contributed by atoms with van der Waals surface area (Å²) in [7, 11) is 0. The highest BCUT2D eigenvalue weighted by Gasteiger charge is 2.52. The molecule has 0 amide bonds. The second-order valence-electron chi connectivity index (χ2n) is 17.7. The fraction of sp³-hybridized carbons (Fsp3) is 0.0667. The number of fused-ring (bicyclic) bond motifs is 15. The topological polar surface area (TPSA) is 3.24 Å². The lowest BCUT2D eigenvalue weighted by Gasteiger charge is -2.32. The molecule has 1 nitrogen and oxygen atoms in total. The van der Waals surface area contributed by atoms with Gasteiger partial charge in [-0.1, -0.05) is 172 Å². The Hall–Kier alpha value is -7.48. The molecule has 61 heavy (non-hydrogen) atoms. The summed E-state index contributed by atoms with van der Waals surface area (Å²) in [5.74, 6) is 0. The standard InChI is InChI=1S/C60H41N/c1-59(2)53-20-10-7-17-47(53)50-31-29-45(36-56(50)59)61(44-27-25-39(26-28-44)43-24-23-38-13-3-4-14-40(38)33-43)46-30-32-51-52-34-41-15-5-6-16-42(41)35-57(52)60(58(51)37-46)54-21-11-8-18-48(54)49-19-9-12-22-55(49)60/h3-37H,1-2H3. The van der Waals surface area contributed by atoms with Crippen molar-refractivity contribution in [1.82, 2.24) is 0 Å². The highest BCUT2D eigenvalue weighted by atomic mass is 15.1. The molecule has 0 atom stereocenters. The molecule has 0 bridgehead atoms. The van der Waals surface area contributed by atoms with Crippen LogP contribution >= 0.6 is 0 Å². The van der Waals surface area contributed by atoms with Crippen LogP contribution in [0.15, 0.2) is 212 Å². The van der Waals surface area contributed by atoms with Crippen LogP contribution in [0.25, 0.3) is 66.1 Å². The third kappa shape index (κ3) is 4.72. The van der Waals surface area contributed by atoms with Crippen LogP contribution in [0.5, 0.6) is 0 Å². The molecule has 10 aromatic carbocycles. The van der Waals surface area contributed by atoms with Crippen molar-refractivity contribution >= 4 is 38.6 Å². The minimum absolute atomic E-state index is 0.129. The molecular formula is C60H41N. The van der Waals surface area contributed by atoms with Crippen LogP contribution in [-0.4, -0.2) is 0 Å². The molecule has 1 spiro atoms. The zero-order valence-electron chi connectivity index (χ0n) is 34.2. The molecule has 0 fully saturated rings. The van der Waals surface area contributed by atoms with Crippen LogP contribution in [0.2, 0.25) is 0 Å². The number of anilines is 3. The SMILES string of the molecule is CC1(C)c2ccccc2-c2ccc(N(c3ccc(-c4ccc5ccccc5c4)cc3)c3ccc4c(c3)C3(c5ccccc5-c5ccccc53)c3cc5ccccc5cc3-4)cc21. The van der Waals surface area contributed by atoms with Crippen molar-refractivity contribution in [1.29, 1.82) is 0 Å². The average Bonchev–Trinajstić information content (AvgIpc) is 3.86. The van der Waals surface area contributed by atoms with E-state index in [1.54, 1.807) is 0 Å². The largest absolute Gasteiger partial charge is 0.310 e. The normalized spacial score (nSPS) is 14.3. The van der Waals surface area contributed by atoms with Gasteiger partial charge in [0.15, 0.2) is 0 Å². The lowest BCUT2D eigenvalue weighted by molar-refractivity contribution is 0.660. The van der Waals surface area contributed by atoms with Crippen molar-refractivity contribution in [2.24, 2.45) is 0 Å². The molecule has 13 rings (SSSR count). The van der Waals surface area contributed by atoms with Crippen molar-refractivity contribution in [2.45, 2.75) is 24.7 Å². The first-order valence-electron chi connectivity index (χ1n) is 21.5. The van der Waals surface area contributed by atoms with E-state index in [9.17, 15) is 0 Å². The molecule has 0 radical (unpaired) electrons. The van der Waals surface area contributed by atoms with Gasteiger partial charge in [-0.05, 0) is 154 Å². The fourth-order valence-corrected chi connectivity index (χ4v) is 11.4. The van der Waals surface area contributed by atoms with Crippen LogP contribution in [0.4, 0.5) is 17.1 Å². The Morgan fingerprint density at radius 1 is 0.279 bits per heavy atom. The van der Waals surface area contributed by atoms with Gasteiger partial charge < -0.3 is 4.90 Å². The van der Waals surface area contributed by atoms with Gasteiger partial charge in [0.25, 0.3) is 0 Å². The molecule has 0 heterocycles. The minimum Gasteiger partial charge on any atom is -0.310 e. The molecule has 0 aromatic heterocycles. The monoisotopic (exact) mass is 775 g/mol. The molecule has 0 aliphatic heterocycles. The maximum absolute atomic E-state index is 2.52. The Balaban J connectivity index is 1.05. The van der Waals surface area contributed by atoms with Gasteiger partial charge >= 0.3 is 0 Å². The van der Waals surface area contributed by atoms with E-state index in [1.807, 2.05) is 0 Å². The van der Waals surface area contributed by atoms with Crippen molar-refractivity contribution in [3.8, 4) is 44.5 Å². The fourth-order valence-electron chi connectivity index (χ4n) is 11.4. The quantitative estimate of drug-likeness (QED) is 0.172. The maximum atomic E-state index is 2.52. The summed E-state index contributed by atoms with van der Waals surface area (Å²) >= 11 is 0. The summed E-state index contributed by atoms with van der Waals surface area (Å²) in [5.41, 5.74) is 21.3. The Morgan fingerprint density at radius 3 is 1.38 bits per heavy atom. The Bertz CT molecular complexity index is 3410. The van der Waals surface area contributed by atoms with E-state index >= 15 is 0 Å². The summed E-state index contributed by atoms with van der Waals surface area (Å²) in [4.78, 5) is 2.49. The van der Waals surface area contributed by atoms with Crippen molar-refractivity contribution in [3.05, 3.63) is 246 Å². The second-order valence-corrected chi connectivity index (χ2v) is 17.7. The van der Waals surface area contributed by atoms with Gasteiger partial charge in [0.1, 0.15) is 0 Å². The number of hydrogen-bond donors (Lipinski definition) is 0. The Morgan fingerprint density at radius 2 is 0.721 bits per heavy atom. The van der Waals surface area contributed by atoms with E-state index in [-0.39, 0.29) is 5.41 Å². The zero-order valence-corrected chi connectivity index (χ0v) is 34.2. The van der Waals surface area contributed by atoms with E-state index in [2.05, 4.69) is 231 Å². The van der Waals surface area contributed by atoms with Crippen LogP contribution in [-0.2, 0) is 10.8 Å². The summed E-state index contributed by atoms with van der Waals surface area (Å²) in [6, 6.07) is 79.9. The molecule has 1 heteroatoms. The molecule has 3 aliphatic carbocycles. The van der Waals surface area contributed by atoms with E-state index in [0.29, 0.717) is 0 Å². The minimum atomic E-state index is -0.467. The summed E-state index contributed by atoms with van der Waals surface area (Å²) < 4.78 is 0. The number of hydrogen-bond acceptors (Lipinski definition) is 1. The average molecular weight is 776 g/mol. The maximum Gasteiger partial charge on any atom is 0.0726 e. The predicted octanol–water partition coefficient (Wildman–Crippen LogP) is 15.8. The van der Waals surface area contributed by atoms with Gasteiger partial charge in [0.05, 0.1) is 5.41 Å². The highest BCUT2D eigenvalue weighted by Crippen LogP contribution is 2.64. The number of rotatable bonds is 4. The predicted molar refractivity (Wildman–Crippen MR) is 255 cm³/mol.